The van der Waals surface area contributed by atoms with Gasteiger partial charge in [-0.2, -0.15) is 11.8 Å². The molecule has 0 aliphatic carbocycles. The van der Waals surface area contributed by atoms with Crippen molar-refractivity contribution in [1.29, 1.82) is 0 Å². The molecule has 0 aliphatic rings. The number of hydrogen-bond acceptors (Lipinski definition) is 4. The number of aromatic nitrogens is 1. The van der Waals surface area contributed by atoms with Crippen LogP contribution < -0.4 is 5.73 Å². The van der Waals surface area contributed by atoms with Crippen LogP contribution in [0.5, 0.6) is 0 Å². The molecule has 0 radical (unpaired) electrons. The highest BCUT2D eigenvalue weighted by Crippen LogP contribution is 2.18. The fourth-order valence-corrected chi connectivity index (χ4v) is 1.66. The number of aryl methyl sites for hydroxylation is 1. The van der Waals surface area contributed by atoms with E-state index in [0.717, 1.165) is 29.2 Å². The first-order valence-electron chi connectivity index (χ1n) is 4.43. The molecule has 74 valence electrons. The normalized spacial score (nSPS) is 10.9. The summed E-state index contributed by atoms with van der Waals surface area (Å²) in [7, 11) is 0. The largest absolute Gasteiger partial charge is 0.441 e. The number of hydrogen-bond donors (Lipinski definition) is 1. The van der Waals surface area contributed by atoms with Crippen molar-refractivity contribution in [3.63, 3.8) is 0 Å². The van der Waals surface area contributed by atoms with Crippen LogP contribution in [0.25, 0.3) is 11.1 Å². The molecule has 2 rings (SSSR count). The van der Waals surface area contributed by atoms with Gasteiger partial charge < -0.3 is 10.2 Å². The van der Waals surface area contributed by atoms with E-state index in [1.165, 1.54) is 0 Å². The quantitative estimate of drug-likeness (QED) is 0.786. The highest BCUT2D eigenvalue weighted by Gasteiger charge is 2.04. The van der Waals surface area contributed by atoms with E-state index in [-0.39, 0.29) is 0 Å². The Bertz CT molecular complexity index is 439. The van der Waals surface area contributed by atoms with Crippen molar-refractivity contribution in [2.24, 2.45) is 0 Å². The lowest BCUT2D eigenvalue weighted by atomic mass is 10.3. The van der Waals surface area contributed by atoms with Crippen LogP contribution in [0.4, 0.5) is 5.69 Å². The zero-order valence-corrected chi connectivity index (χ0v) is 8.80. The van der Waals surface area contributed by atoms with Gasteiger partial charge in [-0.05, 0) is 18.4 Å². The van der Waals surface area contributed by atoms with E-state index in [1.807, 2.05) is 18.2 Å². The van der Waals surface area contributed by atoms with Crippen molar-refractivity contribution in [3.05, 3.63) is 24.1 Å². The molecule has 0 aliphatic heterocycles. The van der Waals surface area contributed by atoms with Crippen LogP contribution in [0.3, 0.4) is 0 Å². The van der Waals surface area contributed by atoms with Crippen LogP contribution in [0, 0.1) is 0 Å². The van der Waals surface area contributed by atoms with Gasteiger partial charge in [-0.25, -0.2) is 4.98 Å². The van der Waals surface area contributed by atoms with Crippen molar-refractivity contribution >= 4 is 28.5 Å². The third kappa shape index (κ3) is 1.85. The number of benzene rings is 1. The van der Waals surface area contributed by atoms with Crippen LogP contribution in [-0.2, 0) is 6.42 Å². The standard InChI is InChI=1S/C10H12N2OS/c1-14-5-4-10-12-8-3-2-7(11)6-9(8)13-10/h2-3,6H,4-5,11H2,1H3. The van der Waals surface area contributed by atoms with Gasteiger partial charge in [0, 0.05) is 23.9 Å². The van der Waals surface area contributed by atoms with Crippen LogP contribution in [-0.4, -0.2) is 17.0 Å². The zero-order valence-electron chi connectivity index (χ0n) is 7.99. The number of anilines is 1. The Morgan fingerprint density at radius 3 is 3.14 bits per heavy atom. The first-order valence-corrected chi connectivity index (χ1v) is 5.83. The molecule has 0 spiro atoms. The average molecular weight is 208 g/mol. The second-order valence-electron chi connectivity index (χ2n) is 3.08. The SMILES string of the molecule is CSCCc1nc2ccc(N)cc2o1. The van der Waals surface area contributed by atoms with Crippen LogP contribution in [0.2, 0.25) is 0 Å². The minimum atomic E-state index is 0.713. The van der Waals surface area contributed by atoms with E-state index in [2.05, 4.69) is 11.2 Å². The molecular weight excluding hydrogens is 196 g/mol. The molecule has 3 nitrogen and oxygen atoms in total. The lowest BCUT2D eigenvalue weighted by molar-refractivity contribution is 0.539. The second-order valence-corrected chi connectivity index (χ2v) is 4.06. The zero-order chi connectivity index (χ0) is 9.97. The third-order valence-corrected chi connectivity index (χ3v) is 2.59. The molecule has 0 bridgehead atoms. The molecule has 1 aromatic carbocycles. The highest BCUT2D eigenvalue weighted by molar-refractivity contribution is 7.98. The molecule has 14 heavy (non-hydrogen) atoms. The summed E-state index contributed by atoms with van der Waals surface area (Å²) in [5, 5.41) is 0. The van der Waals surface area contributed by atoms with Gasteiger partial charge in [0.25, 0.3) is 0 Å². The van der Waals surface area contributed by atoms with Crippen LogP contribution >= 0.6 is 11.8 Å². The van der Waals surface area contributed by atoms with Crippen LogP contribution in [0.15, 0.2) is 22.6 Å². The van der Waals surface area contributed by atoms with Gasteiger partial charge in [0.15, 0.2) is 11.5 Å². The van der Waals surface area contributed by atoms with Crippen LogP contribution in [0.1, 0.15) is 5.89 Å². The van der Waals surface area contributed by atoms with Gasteiger partial charge in [-0.15, -0.1) is 0 Å². The fourth-order valence-electron chi connectivity index (χ4n) is 1.29. The Balaban J connectivity index is 2.32. The molecule has 0 saturated heterocycles. The Morgan fingerprint density at radius 2 is 2.36 bits per heavy atom. The van der Waals surface area contributed by atoms with Gasteiger partial charge in [-0.1, -0.05) is 0 Å². The van der Waals surface area contributed by atoms with Crippen molar-refractivity contribution in [1.82, 2.24) is 4.98 Å². The smallest absolute Gasteiger partial charge is 0.196 e. The third-order valence-electron chi connectivity index (χ3n) is 1.98. The summed E-state index contributed by atoms with van der Waals surface area (Å²) in [6.07, 6.45) is 2.94. The number of rotatable bonds is 3. The maximum atomic E-state index is 5.64. The van der Waals surface area contributed by atoms with E-state index in [0.29, 0.717) is 5.69 Å². The molecule has 4 heteroatoms. The molecule has 1 aromatic heterocycles. The molecule has 0 fully saturated rings. The Hall–Kier alpha value is -1.16. The van der Waals surface area contributed by atoms with E-state index in [9.17, 15) is 0 Å². The average Bonchev–Trinajstić information content (AvgIpc) is 2.56. The molecule has 0 unspecified atom stereocenters. The summed E-state index contributed by atoms with van der Waals surface area (Å²) >= 11 is 1.78. The van der Waals surface area contributed by atoms with Crippen molar-refractivity contribution in [3.8, 4) is 0 Å². The number of oxazole rings is 1. The summed E-state index contributed by atoms with van der Waals surface area (Å²) in [6, 6.07) is 5.53. The molecular formula is C10H12N2OS. The Morgan fingerprint density at radius 1 is 1.50 bits per heavy atom. The van der Waals surface area contributed by atoms with Gasteiger partial charge in [0.2, 0.25) is 0 Å². The molecule has 2 aromatic rings. The maximum Gasteiger partial charge on any atom is 0.196 e. The number of nitrogens with zero attached hydrogens (tertiary/aromatic N) is 1. The summed E-state index contributed by atoms with van der Waals surface area (Å²) in [5.41, 5.74) is 8.02. The topological polar surface area (TPSA) is 52.0 Å². The lowest BCUT2D eigenvalue weighted by Crippen LogP contribution is -1.86. The fraction of sp³-hybridized carbons (Fsp3) is 0.300. The lowest BCUT2D eigenvalue weighted by Gasteiger charge is -1.90. The number of nitrogen functional groups attached to an aromatic ring is 1. The summed E-state index contributed by atoms with van der Waals surface area (Å²) in [5.74, 6) is 1.82. The molecule has 1 heterocycles. The monoisotopic (exact) mass is 208 g/mol. The van der Waals surface area contributed by atoms with E-state index < -0.39 is 0 Å². The van der Waals surface area contributed by atoms with Gasteiger partial charge in [0.1, 0.15) is 5.52 Å². The number of thioether (sulfide) groups is 1. The van der Waals surface area contributed by atoms with Gasteiger partial charge in [0.05, 0.1) is 0 Å². The van der Waals surface area contributed by atoms with Gasteiger partial charge in [-0.3, -0.25) is 0 Å². The Kier molecular flexibility index (Phi) is 2.63. The van der Waals surface area contributed by atoms with Crippen molar-refractivity contribution in [2.75, 3.05) is 17.7 Å². The van der Waals surface area contributed by atoms with E-state index >= 15 is 0 Å². The minimum absolute atomic E-state index is 0.713. The van der Waals surface area contributed by atoms with E-state index in [1.54, 1.807) is 11.8 Å². The highest BCUT2D eigenvalue weighted by atomic mass is 32.2. The summed E-state index contributed by atoms with van der Waals surface area (Å²) in [4.78, 5) is 4.36. The van der Waals surface area contributed by atoms with Crippen molar-refractivity contribution < 1.29 is 4.42 Å². The molecule has 0 atom stereocenters. The number of fused-ring (bicyclic) bond motifs is 1. The van der Waals surface area contributed by atoms with Crippen molar-refractivity contribution in [2.45, 2.75) is 6.42 Å². The predicted octanol–water partition coefficient (Wildman–Crippen LogP) is 2.32. The predicted molar refractivity (Wildman–Crippen MR) is 60.5 cm³/mol. The molecule has 0 amide bonds. The second kappa shape index (κ2) is 3.92. The maximum absolute atomic E-state index is 5.64. The first-order chi connectivity index (χ1) is 6.79. The summed E-state index contributed by atoms with van der Waals surface area (Å²) < 4.78 is 5.55. The molecule has 2 N–H and O–H groups in total. The van der Waals surface area contributed by atoms with E-state index in [4.69, 9.17) is 10.2 Å². The molecule has 0 saturated carbocycles. The first kappa shape index (κ1) is 9.40. The minimum Gasteiger partial charge on any atom is -0.441 e. The number of nitrogens with two attached hydrogens (primary N) is 1. The summed E-state index contributed by atoms with van der Waals surface area (Å²) in [6.45, 7) is 0. The van der Waals surface area contributed by atoms with Gasteiger partial charge >= 0.3 is 0 Å². The Labute approximate surface area is 86.7 Å².